The largest absolute Gasteiger partial charge is 0.192 e. The molecule has 0 spiro atoms. The Morgan fingerprint density at radius 1 is 0.941 bits per heavy atom. The Labute approximate surface area is 114 Å². The molecule has 2 aromatic rings. The van der Waals surface area contributed by atoms with E-state index >= 15 is 0 Å². The molecular formula is C13H7Cl2NS. The molecule has 2 rings (SSSR count). The van der Waals surface area contributed by atoms with Crippen LogP contribution in [0, 0.1) is 11.3 Å². The molecular weight excluding hydrogens is 273 g/mol. The highest BCUT2D eigenvalue weighted by Crippen LogP contribution is 2.30. The van der Waals surface area contributed by atoms with Crippen LogP contribution in [0.3, 0.4) is 0 Å². The molecule has 0 atom stereocenters. The van der Waals surface area contributed by atoms with E-state index in [1.54, 1.807) is 23.9 Å². The molecule has 0 radical (unpaired) electrons. The van der Waals surface area contributed by atoms with Gasteiger partial charge in [-0.3, -0.25) is 0 Å². The van der Waals surface area contributed by atoms with E-state index in [-0.39, 0.29) is 0 Å². The zero-order valence-electron chi connectivity index (χ0n) is 8.65. The Morgan fingerprint density at radius 2 is 1.59 bits per heavy atom. The average molecular weight is 280 g/mol. The Kier molecular flexibility index (Phi) is 3.96. The van der Waals surface area contributed by atoms with Crippen LogP contribution >= 0.6 is 35.0 Å². The van der Waals surface area contributed by atoms with Crippen molar-refractivity contribution in [3.8, 4) is 6.07 Å². The fourth-order valence-corrected chi connectivity index (χ4v) is 2.44. The maximum atomic E-state index is 8.88. The fourth-order valence-electron chi connectivity index (χ4n) is 1.29. The molecule has 0 saturated carbocycles. The minimum absolute atomic E-state index is 0.480. The number of benzene rings is 2. The third-order valence-electron chi connectivity index (χ3n) is 2.11. The Balaban J connectivity index is 2.25. The normalized spacial score (nSPS) is 9.94. The lowest BCUT2D eigenvalue weighted by Crippen LogP contribution is -1.79. The first-order valence-electron chi connectivity index (χ1n) is 4.82. The van der Waals surface area contributed by atoms with Gasteiger partial charge in [0.15, 0.2) is 0 Å². The van der Waals surface area contributed by atoms with Gasteiger partial charge in [0.05, 0.1) is 10.6 Å². The molecule has 1 nitrogen and oxygen atoms in total. The van der Waals surface area contributed by atoms with Crippen LogP contribution in [0.2, 0.25) is 10.0 Å². The Morgan fingerprint density at radius 3 is 2.24 bits per heavy atom. The van der Waals surface area contributed by atoms with Gasteiger partial charge in [0.1, 0.15) is 6.07 Å². The molecule has 0 aromatic heterocycles. The molecule has 0 fully saturated rings. The van der Waals surface area contributed by atoms with Crippen LogP contribution in [0.15, 0.2) is 52.3 Å². The molecule has 0 unspecified atom stereocenters. The van der Waals surface area contributed by atoms with Crippen molar-refractivity contribution in [3.05, 3.63) is 58.1 Å². The second-order valence-electron chi connectivity index (χ2n) is 3.31. The summed E-state index contributed by atoms with van der Waals surface area (Å²) in [5.74, 6) is 0. The van der Waals surface area contributed by atoms with Crippen molar-refractivity contribution in [1.29, 1.82) is 5.26 Å². The first-order chi connectivity index (χ1) is 8.19. The van der Waals surface area contributed by atoms with E-state index in [1.807, 2.05) is 30.3 Å². The summed E-state index contributed by atoms with van der Waals surface area (Å²) in [6.45, 7) is 0. The van der Waals surface area contributed by atoms with Crippen molar-refractivity contribution in [1.82, 2.24) is 0 Å². The SMILES string of the molecule is N#Cc1cc(Sc2ccc(Cl)cc2)ccc1Cl. The van der Waals surface area contributed by atoms with E-state index in [0.717, 1.165) is 9.79 Å². The monoisotopic (exact) mass is 279 g/mol. The lowest BCUT2D eigenvalue weighted by molar-refractivity contribution is 1.38. The highest BCUT2D eigenvalue weighted by atomic mass is 35.5. The molecule has 0 bridgehead atoms. The van der Waals surface area contributed by atoms with E-state index in [2.05, 4.69) is 6.07 Å². The maximum Gasteiger partial charge on any atom is 0.101 e. The molecule has 0 amide bonds. The Hall–Kier alpha value is -1.14. The maximum absolute atomic E-state index is 8.88. The van der Waals surface area contributed by atoms with Gasteiger partial charge in [0, 0.05) is 14.8 Å². The molecule has 2 aromatic carbocycles. The average Bonchev–Trinajstić information content (AvgIpc) is 2.34. The van der Waals surface area contributed by atoms with E-state index < -0.39 is 0 Å². The molecule has 0 N–H and O–H groups in total. The summed E-state index contributed by atoms with van der Waals surface area (Å²) >= 11 is 13.3. The number of nitriles is 1. The van der Waals surface area contributed by atoms with Crippen LogP contribution in [0.4, 0.5) is 0 Å². The summed E-state index contributed by atoms with van der Waals surface area (Å²) in [5.41, 5.74) is 0.491. The molecule has 0 heterocycles. The van der Waals surface area contributed by atoms with Gasteiger partial charge in [0.25, 0.3) is 0 Å². The van der Waals surface area contributed by atoms with E-state index in [4.69, 9.17) is 28.5 Å². The van der Waals surface area contributed by atoms with E-state index in [0.29, 0.717) is 15.6 Å². The molecule has 0 saturated heterocycles. The minimum Gasteiger partial charge on any atom is -0.192 e. The summed E-state index contributed by atoms with van der Waals surface area (Å²) in [4.78, 5) is 2.05. The first-order valence-corrected chi connectivity index (χ1v) is 6.39. The predicted octanol–water partition coefficient (Wildman–Crippen LogP) is 5.02. The van der Waals surface area contributed by atoms with Crippen molar-refractivity contribution >= 4 is 35.0 Å². The molecule has 84 valence electrons. The fraction of sp³-hybridized carbons (Fsp3) is 0. The summed E-state index contributed by atoms with van der Waals surface area (Å²) in [6.07, 6.45) is 0. The summed E-state index contributed by atoms with van der Waals surface area (Å²) < 4.78 is 0. The van der Waals surface area contributed by atoms with Crippen LogP contribution in [0.25, 0.3) is 0 Å². The zero-order chi connectivity index (χ0) is 12.3. The Bertz CT molecular complexity index is 573. The summed E-state index contributed by atoms with van der Waals surface area (Å²) in [6, 6.07) is 15.0. The van der Waals surface area contributed by atoms with Gasteiger partial charge in [-0.25, -0.2) is 0 Å². The van der Waals surface area contributed by atoms with Gasteiger partial charge in [-0.05, 0) is 42.5 Å². The van der Waals surface area contributed by atoms with Crippen molar-refractivity contribution in [3.63, 3.8) is 0 Å². The van der Waals surface area contributed by atoms with Gasteiger partial charge in [-0.1, -0.05) is 35.0 Å². The van der Waals surface area contributed by atoms with Crippen LogP contribution < -0.4 is 0 Å². The second-order valence-corrected chi connectivity index (χ2v) is 5.30. The van der Waals surface area contributed by atoms with Crippen LogP contribution in [-0.2, 0) is 0 Å². The summed E-state index contributed by atoms with van der Waals surface area (Å²) in [5, 5.41) is 10.1. The minimum atomic E-state index is 0.480. The van der Waals surface area contributed by atoms with Crippen molar-refractivity contribution < 1.29 is 0 Å². The lowest BCUT2D eigenvalue weighted by atomic mass is 10.2. The third-order valence-corrected chi connectivity index (χ3v) is 3.69. The predicted molar refractivity (Wildman–Crippen MR) is 71.7 cm³/mol. The quantitative estimate of drug-likeness (QED) is 0.771. The first kappa shape index (κ1) is 12.3. The number of hydrogen-bond acceptors (Lipinski definition) is 2. The second kappa shape index (κ2) is 5.46. The van der Waals surface area contributed by atoms with Gasteiger partial charge in [0.2, 0.25) is 0 Å². The lowest BCUT2D eigenvalue weighted by Gasteiger charge is -2.03. The molecule has 0 aliphatic rings. The highest BCUT2D eigenvalue weighted by molar-refractivity contribution is 7.99. The van der Waals surface area contributed by atoms with Crippen LogP contribution in [0.5, 0.6) is 0 Å². The van der Waals surface area contributed by atoms with Crippen molar-refractivity contribution in [2.75, 3.05) is 0 Å². The van der Waals surface area contributed by atoms with E-state index in [1.165, 1.54) is 0 Å². The van der Waals surface area contributed by atoms with Gasteiger partial charge in [-0.15, -0.1) is 0 Å². The van der Waals surface area contributed by atoms with Crippen molar-refractivity contribution in [2.24, 2.45) is 0 Å². The number of halogens is 2. The summed E-state index contributed by atoms with van der Waals surface area (Å²) in [7, 11) is 0. The van der Waals surface area contributed by atoms with Gasteiger partial charge >= 0.3 is 0 Å². The molecule has 0 aliphatic carbocycles. The van der Waals surface area contributed by atoms with Gasteiger partial charge < -0.3 is 0 Å². The highest BCUT2D eigenvalue weighted by Gasteiger charge is 2.03. The van der Waals surface area contributed by atoms with Crippen LogP contribution in [-0.4, -0.2) is 0 Å². The van der Waals surface area contributed by atoms with E-state index in [9.17, 15) is 0 Å². The van der Waals surface area contributed by atoms with Gasteiger partial charge in [-0.2, -0.15) is 5.26 Å². The number of nitrogens with zero attached hydrogens (tertiary/aromatic N) is 1. The standard InChI is InChI=1S/C13H7Cl2NS/c14-10-1-3-11(4-2-10)17-12-5-6-13(15)9(7-12)8-16/h1-7H. The third kappa shape index (κ3) is 3.17. The zero-order valence-corrected chi connectivity index (χ0v) is 11.0. The smallest absolute Gasteiger partial charge is 0.101 e. The molecule has 17 heavy (non-hydrogen) atoms. The molecule has 0 aliphatic heterocycles. The topological polar surface area (TPSA) is 23.8 Å². The van der Waals surface area contributed by atoms with Crippen molar-refractivity contribution in [2.45, 2.75) is 9.79 Å². The number of rotatable bonds is 2. The van der Waals surface area contributed by atoms with Crippen LogP contribution in [0.1, 0.15) is 5.56 Å². The molecule has 4 heteroatoms. The number of hydrogen-bond donors (Lipinski definition) is 0.